The van der Waals surface area contributed by atoms with Gasteiger partial charge in [-0.1, -0.05) is 126 Å². The third kappa shape index (κ3) is 27.0. The second kappa shape index (κ2) is 38.7. The average molecular weight is 1710 g/mol. The Morgan fingerprint density at radius 2 is 0.692 bits per heavy atom. The summed E-state index contributed by atoms with van der Waals surface area (Å²) in [5, 5.41) is 16.7. The summed E-state index contributed by atoms with van der Waals surface area (Å²) >= 11 is 30.1. The van der Waals surface area contributed by atoms with E-state index in [1.165, 1.54) is 12.8 Å². The molecule has 3 fully saturated rings. The number of nitrogens with one attached hydrogen (secondary N) is 5. The van der Waals surface area contributed by atoms with Crippen molar-refractivity contribution < 1.29 is 38.2 Å². The zero-order valence-corrected chi connectivity index (χ0v) is 74.9. The van der Waals surface area contributed by atoms with Crippen LogP contribution in [-0.2, 0) is 50.3 Å². The van der Waals surface area contributed by atoms with Crippen molar-refractivity contribution in [1.29, 1.82) is 0 Å². The van der Waals surface area contributed by atoms with E-state index in [2.05, 4.69) is 83.0 Å². The van der Waals surface area contributed by atoms with Crippen LogP contribution in [0.25, 0.3) is 55.8 Å². The lowest BCUT2D eigenvalue weighted by molar-refractivity contribution is -0.123. The van der Waals surface area contributed by atoms with Gasteiger partial charge < -0.3 is 14.2 Å². The molecule has 28 nitrogen and oxygen atoms in total. The van der Waals surface area contributed by atoms with Gasteiger partial charge in [-0.15, -0.1) is 6.58 Å². The molecule has 2 aliphatic carbocycles. The topological polar surface area (TPSA) is 327 Å². The van der Waals surface area contributed by atoms with Crippen LogP contribution in [0.3, 0.4) is 0 Å². The predicted octanol–water partition coefficient (Wildman–Crippen LogP) is 20.4. The molecule has 2 atom stereocenters. The number of rotatable bonds is 19. The summed E-state index contributed by atoms with van der Waals surface area (Å²) in [4.78, 5) is 106. The number of pyridine rings is 5. The van der Waals surface area contributed by atoms with Crippen LogP contribution in [0.4, 0.5) is 29.7 Å². The molecule has 1 saturated heterocycles. The molecule has 1 aliphatic heterocycles. The molecule has 5 N–H and O–H groups in total. The van der Waals surface area contributed by atoms with Gasteiger partial charge in [-0.2, -0.15) is 0 Å². The number of amides is 5. The Morgan fingerprint density at radius 1 is 0.410 bits per heavy atom. The van der Waals surface area contributed by atoms with Gasteiger partial charge in [0.25, 0.3) is 0 Å². The number of imidazole rings is 5. The number of anilines is 5. The molecule has 0 bridgehead atoms. The van der Waals surface area contributed by atoms with Gasteiger partial charge in [0, 0.05) is 62.7 Å². The second-order valence-corrected chi connectivity index (χ2v) is 38.5. The van der Waals surface area contributed by atoms with Gasteiger partial charge in [0.2, 0.25) is 59.3 Å². The first-order valence-corrected chi connectivity index (χ1v) is 41.7. The Kier molecular flexibility index (Phi) is 30.6. The molecule has 0 unspecified atom stereocenters. The van der Waals surface area contributed by atoms with Gasteiger partial charge in [0.15, 0.2) is 28.2 Å². The first-order valence-electron chi connectivity index (χ1n) is 39.8. The van der Waals surface area contributed by atoms with E-state index in [4.69, 9.17) is 72.2 Å². The smallest absolute Gasteiger partial charge is 0.229 e. The molecule has 634 valence electrons. The largest absolute Gasteiger partial charge is 0.381 e. The Balaban J connectivity index is 0.000000167. The summed E-state index contributed by atoms with van der Waals surface area (Å²) in [6.45, 7) is 45.6. The first kappa shape index (κ1) is 92.4. The Hall–Kier alpha value is -8.48. The fourth-order valence-corrected chi connectivity index (χ4v) is 14.2. The number of carbonyl (C=O) groups is 5. The van der Waals surface area contributed by atoms with Crippen molar-refractivity contribution in [3.05, 3.63) is 99.1 Å². The number of fused-ring (bicyclic) bond motifs is 5. The zero-order valence-electron chi connectivity index (χ0n) is 71.1. The van der Waals surface area contributed by atoms with Crippen LogP contribution in [-0.4, -0.2) is 139 Å². The molecule has 0 aromatic carbocycles. The van der Waals surface area contributed by atoms with Crippen molar-refractivity contribution in [3.63, 3.8) is 0 Å². The standard InChI is InChI=1S/2C18H25ClN4O2.C17H23ClN4O2.C16H23ClN4O.C15H19ClN4O/c2*1-11(25-18(2,3)4)10-15(24)22-17-20-13-8-9-14(19)21-16(13)23(17)12-6-5-7-12;1-17(2,3)10-14(23)21-16-19-12-4-5-13(18)20-15(12)22(16)11-6-8-24-9-7-11;1-15(2,3)9-12(22)20-14-18-10-7-8-11(17)19-13(10)21(14)16(4,5)6;1-5-8-20-13-10(6-7-11(16)18-13)17-14(20)19-12(21)9-15(2,3)4/h2*8-9,11-12H,5-7,10H2,1-4H3,(H,20,22,24);4-5,11H,6-10H2,1-3H3,(H,19,21,23);7-8H,9H2,1-6H3,(H,18,20,22);5-7H,1,8-9H2,2-4H3,(H,17,19,21)/t2*11-;;;/m10.../s1. The molecular weight excluding hydrogens is 1590 g/mol. The van der Waals surface area contributed by atoms with Crippen molar-refractivity contribution >= 4 is 173 Å². The Labute approximate surface area is 710 Å². The number of nitrogens with zero attached hydrogens (tertiary/aromatic N) is 15. The fraction of sp³-hybridized carbons (Fsp3) is 0.560. The third-order valence-corrected chi connectivity index (χ3v) is 19.4. The quantitative estimate of drug-likeness (QED) is 0.0371. The maximum Gasteiger partial charge on any atom is 0.229 e. The van der Waals surface area contributed by atoms with E-state index in [1.54, 1.807) is 47.0 Å². The molecule has 117 heavy (non-hydrogen) atoms. The van der Waals surface area contributed by atoms with Crippen LogP contribution in [0.2, 0.25) is 25.8 Å². The average Bonchev–Trinajstić information content (AvgIpc) is 1.58. The number of allylic oxidation sites excluding steroid dienone is 1. The maximum atomic E-state index is 12.4. The summed E-state index contributed by atoms with van der Waals surface area (Å²) in [6.07, 6.45) is 11.5. The number of carbonyl (C=O) groups excluding carboxylic acids is 5. The summed E-state index contributed by atoms with van der Waals surface area (Å²) in [5.74, 6) is 2.20. The minimum Gasteiger partial charge on any atom is -0.381 e. The van der Waals surface area contributed by atoms with Crippen LogP contribution < -0.4 is 26.6 Å². The number of hydrogen-bond donors (Lipinski definition) is 5. The van der Waals surface area contributed by atoms with Gasteiger partial charge >= 0.3 is 0 Å². The number of ether oxygens (including phenoxy) is 3. The molecule has 0 radical (unpaired) electrons. The van der Waals surface area contributed by atoms with Crippen molar-refractivity contribution in [2.75, 3.05) is 39.8 Å². The lowest BCUT2D eigenvalue weighted by Crippen LogP contribution is -2.29. The number of aromatic nitrogens is 15. The summed E-state index contributed by atoms with van der Waals surface area (Å²) in [5.41, 5.74) is 6.01. The summed E-state index contributed by atoms with van der Waals surface area (Å²) < 4.78 is 26.8. The van der Waals surface area contributed by atoms with Crippen molar-refractivity contribution in [3.8, 4) is 0 Å². The van der Waals surface area contributed by atoms with Gasteiger partial charge in [-0.25, -0.2) is 49.8 Å². The minimum atomic E-state index is -0.281. The predicted molar refractivity (Wildman–Crippen MR) is 468 cm³/mol. The van der Waals surface area contributed by atoms with E-state index in [0.717, 1.165) is 66.4 Å². The van der Waals surface area contributed by atoms with E-state index in [0.29, 0.717) is 135 Å². The molecule has 10 aromatic heterocycles. The highest BCUT2D eigenvalue weighted by atomic mass is 35.5. The van der Waals surface area contributed by atoms with Crippen LogP contribution >= 0.6 is 58.0 Å². The molecule has 33 heteroatoms. The van der Waals surface area contributed by atoms with Crippen LogP contribution in [0.5, 0.6) is 0 Å². The van der Waals surface area contributed by atoms with Crippen molar-refractivity contribution in [1.82, 2.24) is 72.7 Å². The molecule has 10 aromatic rings. The van der Waals surface area contributed by atoms with Crippen molar-refractivity contribution in [2.45, 2.75) is 276 Å². The number of halogens is 5. The SMILES string of the molecule is C=CCn1c(NC(=O)CC(C)(C)C)nc2ccc(Cl)nc21.CC(C)(C)CC(=O)Nc1nc2ccc(Cl)nc2n1C(C)(C)C.CC(C)(C)CC(=O)Nc1nc2ccc(Cl)nc2n1C1CCOCC1.C[C@@H](CC(=O)Nc1nc2ccc(Cl)nc2n1C1CCC1)OC(C)(C)C.C[C@H](CC(=O)Nc1nc2ccc(Cl)nc2n1C1CCC1)OC(C)(C)C. The highest BCUT2D eigenvalue weighted by Crippen LogP contribution is 2.40. The van der Waals surface area contributed by atoms with E-state index in [9.17, 15) is 24.0 Å². The van der Waals surface area contributed by atoms with Gasteiger partial charge in [-0.05, 0) is 204 Å². The summed E-state index contributed by atoms with van der Waals surface area (Å²) in [7, 11) is 0. The molecule has 0 spiro atoms. The fourth-order valence-electron chi connectivity index (χ4n) is 13.5. The number of hydrogen-bond acceptors (Lipinski definition) is 18. The molecular formula is C84H115Cl5N20O8. The molecule has 2 saturated carbocycles. The molecule has 5 amide bonds. The maximum absolute atomic E-state index is 12.4. The third-order valence-electron chi connectivity index (χ3n) is 18.3. The molecule has 13 rings (SSSR count). The Morgan fingerprint density at radius 3 is 1.01 bits per heavy atom. The zero-order chi connectivity index (χ0) is 86.0. The minimum absolute atomic E-state index is 0.0442. The van der Waals surface area contributed by atoms with Gasteiger partial charge in [-0.3, -0.25) is 73.4 Å². The lowest BCUT2D eigenvalue weighted by atomic mass is 9.92. The second-order valence-electron chi connectivity index (χ2n) is 36.5. The van der Waals surface area contributed by atoms with E-state index < -0.39 is 0 Å². The normalized spacial score (nSPS) is 15.0. The van der Waals surface area contributed by atoms with Crippen molar-refractivity contribution in [2.24, 2.45) is 16.2 Å². The van der Waals surface area contributed by atoms with E-state index >= 15 is 0 Å². The first-order chi connectivity index (χ1) is 54.6. The molecule has 11 heterocycles. The van der Waals surface area contributed by atoms with Crippen LogP contribution in [0.1, 0.15) is 240 Å². The van der Waals surface area contributed by atoms with E-state index in [1.807, 2.05) is 181 Å². The Bertz CT molecular complexity index is 5040. The monoisotopic (exact) mass is 1710 g/mol. The highest BCUT2D eigenvalue weighted by molar-refractivity contribution is 6.31. The lowest BCUT2D eigenvalue weighted by Gasteiger charge is -2.28. The van der Waals surface area contributed by atoms with Gasteiger partial charge in [0.05, 0.1) is 36.3 Å². The highest BCUT2D eigenvalue weighted by Gasteiger charge is 2.32. The van der Waals surface area contributed by atoms with Crippen LogP contribution in [0, 0.1) is 16.2 Å². The van der Waals surface area contributed by atoms with Crippen LogP contribution in [0.15, 0.2) is 73.3 Å². The summed E-state index contributed by atoms with van der Waals surface area (Å²) in [6, 6.07) is 18.4. The van der Waals surface area contributed by atoms with Gasteiger partial charge in [0.1, 0.15) is 53.3 Å². The molecule has 3 aliphatic rings. The van der Waals surface area contributed by atoms with E-state index in [-0.39, 0.29) is 93.6 Å².